The zero-order valence-corrected chi connectivity index (χ0v) is 18.1. The second-order valence-electron chi connectivity index (χ2n) is 6.63. The molecule has 164 valence electrons. The molecule has 0 fully saturated rings. The molecular formula is C20H22N4O6S. The first-order valence-corrected chi connectivity index (χ1v) is 10.9. The second-order valence-corrected chi connectivity index (χ2v) is 8.40. The number of carbonyl (C=O) groups is 2. The first-order chi connectivity index (χ1) is 14.7. The van der Waals surface area contributed by atoms with Crippen molar-refractivity contribution in [1.82, 2.24) is 19.5 Å². The molecule has 0 saturated heterocycles. The Hall–Kier alpha value is -3.31. The van der Waals surface area contributed by atoms with Crippen LogP contribution in [-0.4, -0.2) is 48.3 Å². The van der Waals surface area contributed by atoms with Gasteiger partial charge in [0.1, 0.15) is 18.0 Å². The lowest BCUT2D eigenvalue weighted by atomic mass is 10.0. The van der Waals surface area contributed by atoms with Crippen molar-refractivity contribution in [3.05, 3.63) is 53.5 Å². The van der Waals surface area contributed by atoms with Gasteiger partial charge in [0.2, 0.25) is 10.0 Å². The highest BCUT2D eigenvalue weighted by molar-refractivity contribution is 7.89. The number of pyridine rings is 1. The van der Waals surface area contributed by atoms with E-state index in [9.17, 15) is 18.0 Å². The van der Waals surface area contributed by atoms with E-state index in [1.165, 1.54) is 17.1 Å². The van der Waals surface area contributed by atoms with Crippen molar-refractivity contribution in [3.8, 4) is 0 Å². The summed E-state index contributed by atoms with van der Waals surface area (Å²) in [5.74, 6) is -1.39. The predicted octanol–water partition coefficient (Wildman–Crippen LogP) is 1.48. The van der Waals surface area contributed by atoms with Gasteiger partial charge in [-0.05, 0) is 25.5 Å². The Morgan fingerprint density at radius 2 is 1.94 bits per heavy atom. The molecule has 1 aromatic carbocycles. The Kier molecular flexibility index (Phi) is 6.66. The van der Waals surface area contributed by atoms with Gasteiger partial charge in [-0.2, -0.15) is 9.82 Å². The molecule has 0 aliphatic carbocycles. The number of rotatable bonds is 8. The molecule has 0 amide bonds. The largest absolute Gasteiger partial charge is 0.462 e. The first-order valence-electron chi connectivity index (χ1n) is 9.42. The lowest BCUT2D eigenvalue weighted by Crippen LogP contribution is -2.30. The van der Waals surface area contributed by atoms with Crippen LogP contribution in [0.4, 0.5) is 0 Å². The average Bonchev–Trinajstić information content (AvgIpc) is 3.18. The van der Waals surface area contributed by atoms with Crippen LogP contribution >= 0.6 is 0 Å². The third-order valence-corrected chi connectivity index (χ3v) is 5.83. The van der Waals surface area contributed by atoms with Gasteiger partial charge in [0.25, 0.3) is 0 Å². The number of hydrogen-bond donors (Lipinski definition) is 1. The summed E-state index contributed by atoms with van der Waals surface area (Å²) in [6.07, 6.45) is 2.47. The van der Waals surface area contributed by atoms with Gasteiger partial charge in [0, 0.05) is 18.6 Å². The predicted molar refractivity (Wildman–Crippen MR) is 111 cm³/mol. The van der Waals surface area contributed by atoms with Crippen LogP contribution in [0.5, 0.6) is 0 Å². The number of carbonyl (C=O) groups excluding carboxylic acids is 2. The molecule has 0 saturated carbocycles. The first kappa shape index (κ1) is 22.4. The molecule has 11 heteroatoms. The van der Waals surface area contributed by atoms with Crippen molar-refractivity contribution in [3.63, 3.8) is 0 Å². The van der Waals surface area contributed by atoms with Crippen LogP contribution in [0.2, 0.25) is 0 Å². The van der Waals surface area contributed by atoms with Crippen LogP contribution < -0.4 is 4.72 Å². The highest BCUT2D eigenvalue weighted by atomic mass is 32.2. The van der Waals surface area contributed by atoms with Crippen molar-refractivity contribution in [1.29, 1.82) is 0 Å². The van der Waals surface area contributed by atoms with E-state index >= 15 is 0 Å². The fourth-order valence-electron chi connectivity index (χ4n) is 2.99. The number of ether oxygens (including phenoxy) is 2. The Bertz CT molecular complexity index is 1240. The maximum Gasteiger partial charge on any atom is 0.340 e. The molecule has 0 bridgehead atoms. The molecule has 2 aromatic heterocycles. The topological polar surface area (TPSA) is 129 Å². The molecule has 3 rings (SSSR count). The SMILES string of the molecule is CCOC(=O)c1c(COC(=O)CNS(=O)(=O)c2cnn(C)c2)nc2ccccc2c1C. The van der Waals surface area contributed by atoms with Gasteiger partial charge in [-0.3, -0.25) is 9.48 Å². The Labute approximate surface area is 179 Å². The number of benzene rings is 1. The van der Waals surface area contributed by atoms with E-state index in [1.54, 1.807) is 27.0 Å². The molecule has 0 spiro atoms. The smallest absolute Gasteiger partial charge is 0.340 e. The van der Waals surface area contributed by atoms with Crippen molar-refractivity contribution < 1.29 is 27.5 Å². The van der Waals surface area contributed by atoms with Crippen molar-refractivity contribution in [2.45, 2.75) is 25.3 Å². The van der Waals surface area contributed by atoms with Gasteiger partial charge >= 0.3 is 11.9 Å². The molecule has 2 heterocycles. The summed E-state index contributed by atoms with van der Waals surface area (Å²) >= 11 is 0. The molecule has 0 radical (unpaired) electrons. The maximum absolute atomic E-state index is 12.5. The van der Waals surface area contributed by atoms with E-state index in [1.807, 2.05) is 18.2 Å². The molecule has 0 aliphatic rings. The van der Waals surface area contributed by atoms with Crippen molar-refractivity contribution in [2.24, 2.45) is 7.05 Å². The number of para-hydroxylation sites is 1. The van der Waals surface area contributed by atoms with Gasteiger partial charge in [-0.25, -0.2) is 18.2 Å². The number of aryl methyl sites for hydroxylation is 2. The summed E-state index contributed by atoms with van der Waals surface area (Å²) in [6.45, 7) is 2.74. The zero-order valence-electron chi connectivity index (χ0n) is 17.3. The standard InChI is InChI=1S/C20H22N4O6S/c1-4-29-20(26)19-13(2)15-7-5-6-8-16(15)23-17(19)12-30-18(25)10-22-31(27,28)14-9-21-24(3)11-14/h5-9,11,22H,4,10,12H2,1-3H3. The van der Waals surface area contributed by atoms with E-state index in [-0.39, 0.29) is 29.4 Å². The monoisotopic (exact) mass is 446 g/mol. The number of nitrogens with one attached hydrogen (secondary N) is 1. The minimum atomic E-state index is -3.91. The fraction of sp³-hybridized carbons (Fsp3) is 0.300. The Balaban J connectivity index is 1.76. The van der Waals surface area contributed by atoms with E-state index in [0.717, 1.165) is 5.39 Å². The molecule has 3 aromatic rings. The number of esters is 2. The van der Waals surface area contributed by atoms with Gasteiger partial charge in [0.15, 0.2) is 0 Å². The van der Waals surface area contributed by atoms with E-state index in [4.69, 9.17) is 9.47 Å². The summed E-state index contributed by atoms with van der Waals surface area (Å²) in [6, 6.07) is 7.26. The van der Waals surface area contributed by atoms with E-state index < -0.39 is 28.5 Å². The molecule has 0 unspecified atom stereocenters. The number of fused-ring (bicyclic) bond motifs is 1. The Morgan fingerprint density at radius 3 is 2.61 bits per heavy atom. The minimum absolute atomic E-state index is 0.0702. The van der Waals surface area contributed by atoms with Crippen LogP contribution in [0, 0.1) is 6.92 Å². The molecule has 0 aliphatic heterocycles. The maximum atomic E-state index is 12.5. The Morgan fingerprint density at radius 1 is 1.19 bits per heavy atom. The highest BCUT2D eigenvalue weighted by Crippen LogP contribution is 2.24. The van der Waals surface area contributed by atoms with Crippen LogP contribution in [-0.2, 0) is 37.9 Å². The summed E-state index contributed by atoms with van der Waals surface area (Å²) < 4.78 is 38.2. The lowest BCUT2D eigenvalue weighted by Gasteiger charge is -2.14. The van der Waals surface area contributed by atoms with Crippen LogP contribution in [0.3, 0.4) is 0 Å². The third kappa shape index (κ3) is 5.06. The highest BCUT2D eigenvalue weighted by Gasteiger charge is 2.22. The summed E-state index contributed by atoms with van der Waals surface area (Å²) in [5.41, 5.74) is 1.76. The molecule has 31 heavy (non-hydrogen) atoms. The van der Waals surface area contributed by atoms with Crippen LogP contribution in [0.1, 0.15) is 28.5 Å². The number of sulfonamides is 1. The van der Waals surface area contributed by atoms with Gasteiger partial charge in [-0.15, -0.1) is 0 Å². The molecule has 10 nitrogen and oxygen atoms in total. The fourth-order valence-corrected chi connectivity index (χ4v) is 3.95. The van der Waals surface area contributed by atoms with Gasteiger partial charge in [0.05, 0.1) is 29.6 Å². The quantitative estimate of drug-likeness (QED) is 0.515. The zero-order chi connectivity index (χ0) is 22.6. The van der Waals surface area contributed by atoms with E-state index in [2.05, 4.69) is 14.8 Å². The molecule has 0 atom stereocenters. The van der Waals surface area contributed by atoms with Gasteiger partial charge in [-0.1, -0.05) is 18.2 Å². The third-order valence-electron chi connectivity index (χ3n) is 4.47. The van der Waals surface area contributed by atoms with Gasteiger partial charge < -0.3 is 9.47 Å². The lowest BCUT2D eigenvalue weighted by molar-refractivity contribution is -0.143. The normalized spacial score (nSPS) is 11.5. The molecular weight excluding hydrogens is 424 g/mol. The molecule has 1 N–H and O–H groups in total. The van der Waals surface area contributed by atoms with E-state index in [0.29, 0.717) is 11.1 Å². The second kappa shape index (κ2) is 9.23. The summed E-state index contributed by atoms with van der Waals surface area (Å²) in [7, 11) is -2.33. The minimum Gasteiger partial charge on any atom is -0.462 e. The van der Waals surface area contributed by atoms with Crippen LogP contribution in [0.25, 0.3) is 10.9 Å². The average molecular weight is 446 g/mol. The summed E-state index contributed by atoms with van der Waals surface area (Å²) in [5, 5.41) is 4.57. The number of nitrogens with zero attached hydrogens (tertiary/aromatic N) is 3. The van der Waals surface area contributed by atoms with Crippen molar-refractivity contribution >= 4 is 32.9 Å². The summed E-state index contributed by atoms with van der Waals surface area (Å²) in [4.78, 5) is 29.0. The number of aromatic nitrogens is 3. The number of hydrogen-bond acceptors (Lipinski definition) is 8. The van der Waals surface area contributed by atoms with Crippen LogP contribution in [0.15, 0.2) is 41.6 Å². The van der Waals surface area contributed by atoms with Crippen molar-refractivity contribution in [2.75, 3.05) is 13.2 Å².